The maximum Gasteiger partial charge on any atom is 0.127 e. The second-order valence-electron chi connectivity index (χ2n) is 3.18. The summed E-state index contributed by atoms with van der Waals surface area (Å²) in [6, 6.07) is 7.00. The Balaban J connectivity index is 1.89. The summed E-state index contributed by atoms with van der Waals surface area (Å²) < 4.78 is 13.1. The van der Waals surface area contributed by atoms with Gasteiger partial charge in [-0.05, 0) is 11.6 Å². The van der Waals surface area contributed by atoms with Crippen LogP contribution in [0.15, 0.2) is 24.3 Å². The van der Waals surface area contributed by atoms with E-state index in [0.717, 1.165) is 24.4 Å². The third kappa shape index (κ3) is 2.23. The Morgan fingerprint density at radius 1 is 1.38 bits per heavy atom. The van der Waals surface area contributed by atoms with Crippen molar-refractivity contribution in [1.29, 1.82) is 0 Å². The van der Waals surface area contributed by atoms with Gasteiger partial charge >= 0.3 is 0 Å². The molecule has 13 heavy (non-hydrogen) atoms. The highest BCUT2D eigenvalue weighted by atomic mass is 32.2. The van der Waals surface area contributed by atoms with Crippen LogP contribution in [0, 0.1) is 5.82 Å². The standard InChI is InChI=1S/C10H12FNS/c11-10-4-2-1-3-8(10)7-13-9-5-12-6-9/h1-4,9,12H,5-7H2. The molecule has 0 amide bonds. The van der Waals surface area contributed by atoms with Gasteiger partial charge in [0.1, 0.15) is 5.82 Å². The van der Waals surface area contributed by atoms with Crippen LogP contribution in [0.25, 0.3) is 0 Å². The highest BCUT2D eigenvalue weighted by Crippen LogP contribution is 2.21. The molecule has 1 aliphatic rings. The molecule has 1 N–H and O–H groups in total. The number of nitrogens with one attached hydrogen (secondary N) is 1. The average Bonchev–Trinajstić information content (AvgIpc) is 2.05. The van der Waals surface area contributed by atoms with E-state index in [-0.39, 0.29) is 5.82 Å². The Morgan fingerprint density at radius 2 is 2.15 bits per heavy atom. The molecule has 3 heteroatoms. The van der Waals surface area contributed by atoms with Gasteiger partial charge in [0, 0.05) is 24.1 Å². The van der Waals surface area contributed by atoms with E-state index in [1.807, 2.05) is 23.9 Å². The number of benzene rings is 1. The molecule has 0 bridgehead atoms. The van der Waals surface area contributed by atoms with Crippen LogP contribution >= 0.6 is 11.8 Å². The normalized spacial score (nSPS) is 17.0. The van der Waals surface area contributed by atoms with E-state index in [2.05, 4.69) is 5.32 Å². The maximum atomic E-state index is 13.1. The molecule has 1 aromatic carbocycles. The Bertz CT molecular complexity index is 286. The molecule has 1 aromatic rings. The molecule has 1 nitrogen and oxygen atoms in total. The number of hydrogen-bond donors (Lipinski definition) is 1. The number of halogens is 1. The molecule has 70 valence electrons. The third-order valence-corrected chi connectivity index (χ3v) is 3.46. The molecule has 2 rings (SSSR count). The molecule has 1 saturated heterocycles. The van der Waals surface area contributed by atoms with E-state index in [1.54, 1.807) is 6.07 Å². The van der Waals surface area contributed by atoms with Crippen molar-refractivity contribution in [3.8, 4) is 0 Å². The molecule has 0 aromatic heterocycles. The van der Waals surface area contributed by atoms with Crippen molar-refractivity contribution in [3.05, 3.63) is 35.6 Å². The fourth-order valence-electron chi connectivity index (χ4n) is 1.20. The number of hydrogen-bond acceptors (Lipinski definition) is 2. The second kappa shape index (κ2) is 4.11. The van der Waals surface area contributed by atoms with Gasteiger partial charge in [0.2, 0.25) is 0 Å². The maximum absolute atomic E-state index is 13.1. The first-order chi connectivity index (χ1) is 6.36. The summed E-state index contributed by atoms with van der Waals surface area (Å²) in [4.78, 5) is 0. The first kappa shape index (κ1) is 9.03. The van der Waals surface area contributed by atoms with Gasteiger partial charge in [0.05, 0.1) is 0 Å². The van der Waals surface area contributed by atoms with E-state index >= 15 is 0 Å². The van der Waals surface area contributed by atoms with Crippen molar-refractivity contribution in [3.63, 3.8) is 0 Å². The SMILES string of the molecule is Fc1ccccc1CSC1CNC1. The van der Waals surface area contributed by atoms with Crippen LogP contribution in [0.1, 0.15) is 5.56 Å². The molecule has 0 unspecified atom stereocenters. The highest BCUT2D eigenvalue weighted by molar-refractivity contribution is 7.99. The monoisotopic (exact) mass is 197 g/mol. The van der Waals surface area contributed by atoms with Crippen LogP contribution < -0.4 is 5.32 Å². The van der Waals surface area contributed by atoms with Crippen LogP contribution in [0.2, 0.25) is 0 Å². The van der Waals surface area contributed by atoms with Crippen LogP contribution in [0.3, 0.4) is 0 Å². The predicted octanol–water partition coefficient (Wildman–Crippen LogP) is 2.03. The summed E-state index contributed by atoms with van der Waals surface area (Å²) in [6.45, 7) is 2.14. The Labute approximate surface area is 81.7 Å². The fraction of sp³-hybridized carbons (Fsp3) is 0.400. The quantitative estimate of drug-likeness (QED) is 0.795. The van der Waals surface area contributed by atoms with Gasteiger partial charge in [-0.1, -0.05) is 18.2 Å². The van der Waals surface area contributed by atoms with Crippen molar-refractivity contribution < 1.29 is 4.39 Å². The number of rotatable bonds is 3. The van der Waals surface area contributed by atoms with Crippen molar-refractivity contribution in [2.24, 2.45) is 0 Å². The van der Waals surface area contributed by atoms with Crippen molar-refractivity contribution in [2.45, 2.75) is 11.0 Å². The van der Waals surface area contributed by atoms with E-state index in [9.17, 15) is 4.39 Å². The van der Waals surface area contributed by atoms with E-state index in [1.165, 1.54) is 6.07 Å². The molecular weight excluding hydrogens is 185 g/mol. The van der Waals surface area contributed by atoms with Gasteiger partial charge in [0.15, 0.2) is 0 Å². The minimum absolute atomic E-state index is 0.0812. The smallest absolute Gasteiger partial charge is 0.127 e. The topological polar surface area (TPSA) is 12.0 Å². The first-order valence-corrected chi connectivity index (χ1v) is 5.47. The Hall–Kier alpha value is -0.540. The summed E-state index contributed by atoms with van der Waals surface area (Å²) >= 11 is 1.83. The van der Waals surface area contributed by atoms with Crippen LogP contribution in [0.5, 0.6) is 0 Å². The van der Waals surface area contributed by atoms with Gasteiger partial charge < -0.3 is 5.32 Å². The average molecular weight is 197 g/mol. The minimum atomic E-state index is -0.0812. The fourth-order valence-corrected chi connectivity index (χ4v) is 2.32. The summed E-state index contributed by atoms with van der Waals surface area (Å²) in [6.07, 6.45) is 0. The summed E-state index contributed by atoms with van der Waals surface area (Å²) in [7, 11) is 0. The zero-order valence-electron chi connectivity index (χ0n) is 7.29. The van der Waals surface area contributed by atoms with Gasteiger partial charge in [-0.15, -0.1) is 0 Å². The van der Waals surface area contributed by atoms with Crippen LogP contribution in [-0.4, -0.2) is 18.3 Å². The van der Waals surface area contributed by atoms with Crippen LogP contribution in [-0.2, 0) is 5.75 Å². The molecule has 0 saturated carbocycles. The summed E-state index contributed by atoms with van der Waals surface area (Å²) in [5, 5.41) is 3.88. The predicted molar refractivity (Wildman–Crippen MR) is 54.4 cm³/mol. The van der Waals surface area contributed by atoms with Crippen LogP contribution in [0.4, 0.5) is 4.39 Å². The molecule has 0 radical (unpaired) electrons. The van der Waals surface area contributed by atoms with E-state index in [0.29, 0.717) is 5.25 Å². The minimum Gasteiger partial charge on any atom is -0.314 e. The zero-order valence-corrected chi connectivity index (χ0v) is 8.11. The van der Waals surface area contributed by atoms with Crippen molar-refractivity contribution in [1.82, 2.24) is 5.32 Å². The summed E-state index contributed by atoms with van der Waals surface area (Å²) in [5.41, 5.74) is 0.819. The van der Waals surface area contributed by atoms with Gasteiger partial charge in [-0.2, -0.15) is 11.8 Å². The Morgan fingerprint density at radius 3 is 2.77 bits per heavy atom. The molecule has 1 aliphatic heterocycles. The lowest BCUT2D eigenvalue weighted by atomic mass is 10.2. The molecule has 0 aliphatic carbocycles. The summed E-state index contributed by atoms with van der Waals surface area (Å²) in [5.74, 6) is 0.709. The van der Waals surface area contributed by atoms with Gasteiger partial charge in [0.25, 0.3) is 0 Å². The molecule has 1 fully saturated rings. The molecule has 0 atom stereocenters. The third-order valence-electron chi connectivity index (χ3n) is 2.18. The highest BCUT2D eigenvalue weighted by Gasteiger charge is 2.17. The molecular formula is C10H12FNS. The largest absolute Gasteiger partial charge is 0.314 e. The number of thioether (sulfide) groups is 1. The zero-order chi connectivity index (χ0) is 9.10. The lowest BCUT2D eigenvalue weighted by Crippen LogP contribution is -2.44. The molecule has 0 spiro atoms. The van der Waals surface area contributed by atoms with E-state index < -0.39 is 0 Å². The lowest BCUT2D eigenvalue weighted by molar-refractivity contribution is 0.543. The lowest BCUT2D eigenvalue weighted by Gasteiger charge is -2.26. The van der Waals surface area contributed by atoms with Crippen molar-refractivity contribution >= 4 is 11.8 Å². The van der Waals surface area contributed by atoms with Crippen molar-refractivity contribution in [2.75, 3.05) is 13.1 Å². The first-order valence-electron chi connectivity index (χ1n) is 4.42. The Kier molecular flexibility index (Phi) is 2.86. The van der Waals surface area contributed by atoms with Gasteiger partial charge in [-0.25, -0.2) is 4.39 Å². The van der Waals surface area contributed by atoms with E-state index in [4.69, 9.17) is 0 Å². The second-order valence-corrected chi connectivity index (χ2v) is 4.47. The molecule has 1 heterocycles. The van der Waals surface area contributed by atoms with Gasteiger partial charge in [-0.3, -0.25) is 0 Å².